The average molecular weight is 281 g/mol. The van der Waals surface area contributed by atoms with Crippen molar-refractivity contribution in [3.8, 4) is 0 Å². The van der Waals surface area contributed by atoms with E-state index in [2.05, 4.69) is 39.9 Å². The largest absolute Gasteiger partial charge is 0.373 e. The van der Waals surface area contributed by atoms with Crippen molar-refractivity contribution in [1.82, 2.24) is 10.3 Å². The summed E-state index contributed by atoms with van der Waals surface area (Å²) in [6, 6.07) is 14.1. The molecule has 2 N–H and O–H groups in total. The minimum Gasteiger partial charge on any atom is -0.373 e. The van der Waals surface area contributed by atoms with Crippen molar-refractivity contribution in [2.75, 3.05) is 12.4 Å². The highest BCUT2D eigenvalue weighted by Crippen LogP contribution is 2.21. The van der Waals surface area contributed by atoms with Gasteiger partial charge in [-0.05, 0) is 42.5 Å². The van der Waals surface area contributed by atoms with Crippen molar-refractivity contribution < 1.29 is 4.79 Å². The molecular weight excluding hydrogens is 262 g/mol. The van der Waals surface area contributed by atoms with Gasteiger partial charge in [0.15, 0.2) is 0 Å². The van der Waals surface area contributed by atoms with Gasteiger partial charge in [-0.2, -0.15) is 0 Å². The summed E-state index contributed by atoms with van der Waals surface area (Å²) in [7, 11) is 1.79. The number of nitrogens with one attached hydrogen (secondary N) is 2. The molecule has 0 radical (unpaired) electrons. The Balaban J connectivity index is 1.68. The van der Waals surface area contributed by atoms with E-state index in [0.717, 1.165) is 19.3 Å². The number of fused-ring (bicyclic) bond motifs is 1. The Labute approximate surface area is 124 Å². The third-order valence-electron chi connectivity index (χ3n) is 3.92. The summed E-state index contributed by atoms with van der Waals surface area (Å²) >= 11 is 0. The fourth-order valence-electron chi connectivity index (χ4n) is 2.78. The number of pyridine rings is 1. The maximum absolute atomic E-state index is 12.3. The van der Waals surface area contributed by atoms with Gasteiger partial charge in [0.1, 0.15) is 11.5 Å². The molecule has 1 aromatic heterocycles. The zero-order chi connectivity index (χ0) is 14.7. The van der Waals surface area contributed by atoms with Crippen LogP contribution < -0.4 is 10.6 Å². The number of aryl methyl sites for hydroxylation is 1. The van der Waals surface area contributed by atoms with Crippen LogP contribution in [0.4, 0.5) is 5.82 Å². The number of nitrogens with zero attached hydrogens (tertiary/aromatic N) is 1. The minimum absolute atomic E-state index is 0.100. The summed E-state index contributed by atoms with van der Waals surface area (Å²) in [6.45, 7) is 0. The van der Waals surface area contributed by atoms with Crippen LogP contribution in [-0.2, 0) is 12.8 Å². The number of amides is 1. The van der Waals surface area contributed by atoms with Crippen molar-refractivity contribution in [2.24, 2.45) is 0 Å². The normalized spacial score (nSPS) is 16.9. The second kappa shape index (κ2) is 5.95. The molecule has 4 nitrogen and oxygen atoms in total. The van der Waals surface area contributed by atoms with Gasteiger partial charge in [0, 0.05) is 13.1 Å². The first-order valence-corrected chi connectivity index (χ1v) is 7.28. The van der Waals surface area contributed by atoms with Crippen molar-refractivity contribution in [3.05, 3.63) is 59.3 Å². The number of hydrogen-bond donors (Lipinski definition) is 2. The van der Waals surface area contributed by atoms with Crippen molar-refractivity contribution >= 4 is 11.7 Å². The van der Waals surface area contributed by atoms with E-state index in [1.165, 1.54) is 11.1 Å². The summed E-state index contributed by atoms with van der Waals surface area (Å²) < 4.78 is 0. The molecule has 108 valence electrons. The Morgan fingerprint density at radius 1 is 1.14 bits per heavy atom. The fourth-order valence-corrected chi connectivity index (χ4v) is 2.78. The molecule has 1 unspecified atom stereocenters. The van der Waals surface area contributed by atoms with Gasteiger partial charge >= 0.3 is 0 Å². The third kappa shape index (κ3) is 3.05. The summed E-state index contributed by atoms with van der Waals surface area (Å²) in [5, 5.41) is 6.05. The quantitative estimate of drug-likeness (QED) is 0.908. The first-order chi connectivity index (χ1) is 10.3. The Morgan fingerprint density at radius 2 is 1.95 bits per heavy atom. The fraction of sp³-hybridized carbons (Fsp3) is 0.294. The van der Waals surface area contributed by atoms with Gasteiger partial charge < -0.3 is 10.6 Å². The molecule has 1 aliphatic carbocycles. The molecule has 21 heavy (non-hydrogen) atoms. The van der Waals surface area contributed by atoms with Crippen LogP contribution in [-0.4, -0.2) is 24.0 Å². The highest BCUT2D eigenvalue weighted by Gasteiger charge is 2.20. The molecule has 1 heterocycles. The molecule has 0 saturated heterocycles. The van der Waals surface area contributed by atoms with Crippen molar-refractivity contribution in [2.45, 2.75) is 25.3 Å². The van der Waals surface area contributed by atoms with E-state index in [9.17, 15) is 4.79 Å². The lowest BCUT2D eigenvalue weighted by atomic mass is 9.88. The Bertz CT molecular complexity index is 654. The van der Waals surface area contributed by atoms with Crippen LogP contribution in [0, 0.1) is 0 Å². The molecule has 1 atom stereocenters. The van der Waals surface area contributed by atoms with E-state index < -0.39 is 0 Å². The zero-order valence-corrected chi connectivity index (χ0v) is 12.1. The van der Waals surface area contributed by atoms with E-state index in [-0.39, 0.29) is 11.9 Å². The maximum Gasteiger partial charge on any atom is 0.270 e. The Hall–Kier alpha value is -2.36. The summed E-state index contributed by atoms with van der Waals surface area (Å²) in [5.41, 5.74) is 3.20. The Morgan fingerprint density at radius 3 is 2.76 bits per heavy atom. The SMILES string of the molecule is CNc1cccc(C(=O)NC2CCc3ccccc3C2)n1. The maximum atomic E-state index is 12.3. The van der Waals surface area contributed by atoms with E-state index in [1.54, 1.807) is 13.1 Å². The third-order valence-corrected chi connectivity index (χ3v) is 3.92. The van der Waals surface area contributed by atoms with Crippen molar-refractivity contribution in [1.29, 1.82) is 0 Å². The number of rotatable bonds is 3. The molecule has 4 heteroatoms. The first kappa shape index (κ1) is 13.6. The highest BCUT2D eigenvalue weighted by atomic mass is 16.1. The van der Waals surface area contributed by atoms with Crippen LogP contribution in [0.15, 0.2) is 42.5 Å². The van der Waals surface area contributed by atoms with Crippen LogP contribution in [0.5, 0.6) is 0 Å². The van der Waals surface area contributed by atoms with Crippen LogP contribution in [0.3, 0.4) is 0 Å². The van der Waals surface area contributed by atoms with Crippen LogP contribution in [0.25, 0.3) is 0 Å². The molecule has 0 saturated carbocycles. The van der Waals surface area contributed by atoms with Gasteiger partial charge in [-0.25, -0.2) is 4.98 Å². The molecular formula is C17H19N3O. The molecule has 1 aromatic carbocycles. The lowest BCUT2D eigenvalue weighted by molar-refractivity contribution is 0.0929. The van der Waals surface area contributed by atoms with Gasteiger partial charge in [0.25, 0.3) is 5.91 Å². The summed E-state index contributed by atoms with van der Waals surface area (Å²) in [6.07, 6.45) is 2.90. The van der Waals surface area contributed by atoms with Crippen LogP contribution >= 0.6 is 0 Å². The van der Waals surface area contributed by atoms with Crippen molar-refractivity contribution in [3.63, 3.8) is 0 Å². The standard InChI is InChI=1S/C17H19N3O/c1-18-16-8-4-7-15(20-16)17(21)19-14-10-9-12-5-2-3-6-13(12)11-14/h2-8,14H,9-11H2,1H3,(H,18,20)(H,19,21). The second-order valence-corrected chi connectivity index (χ2v) is 5.34. The number of hydrogen-bond acceptors (Lipinski definition) is 3. The topological polar surface area (TPSA) is 54.0 Å². The minimum atomic E-state index is -0.100. The number of carbonyl (C=O) groups is 1. The lowest BCUT2D eigenvalue weighted by Gasteiger charge is -2.25. The smallest absolute Gasteiger partial charge is 0.270 e. The molecule has 3 rings (SSSR count). The number of aromatic nitrogens is 1. The highest BCUT2D eigenvalue weighted by molar-refractivity contribution is 5.92. The van der Waals surface area contributed by atoms with Gasteiger partial charge in [-0.3, -0.25) is 4.79 Å². The van der Waals surface area contributed by atoms with Gasteiger partial charge in [0.05, 0.1) is 0 Å². The number of benzene rings is 1. The number of anilines is 1. The molecule has 0 aliphatic heterocycles. The summed E-state index contributed by atoms with van der Waals surface area (Å²) in [5.74, 6) is 0.605. The number of carbonyl (C=O) groups excluding carboxylic acids is 1. The Kier molecular flexibility index (Phi) is 3.86. The molecule has 2 aromatic rings. The molecule has 1 aliphatic rings. The predicted molar refractivity (Wildman–Crippen MR) is 83.5 cm³/mol. The van der Waals surface area contributed by atoms with E-state index in [4.69, 9.17) is 0 Å². The molecule has 0 spiro atoms. The second-order valence-electron chi connectivity index (χ2n) is 5.34. The summed E-state index contributed by atoms with van der Waals surface area (Å²) in [4.78, 5) is 16.6. The van der Waals surface area contributed by atoms with E-state index in [1.807, 2.05) is 12.1 Å². The molecule has 0 bridgehead atoms. The van der Waals surface area contributed by atoms with Gasteiger partial charge in [-0.15, -0.1) is 0 Å². The molecule has 0 fully saturated rings. The average Bonchev–Trinajstić information content (AvgIpc) is 2.54. The van der Waals surface area contributed by atoms with Gasteiger partial charge in [0.2, 0.25) is 0 Å². The van der Waals surface area contributed by atoms with E-state index in [0.29, 0.717) is 11.5 Å². The van der Waals surface area contributed by atoms with Crippen LogP contribution in [0.1, 0.15) is 28.0 Å². The monoisotopic (exact) mass is 281 g/mol. The van der Waals surface area contributed by atoms with E-state index >= 15 is 0 Å². The molecule has 1 amide bonds. The predicted octanol–water partition coefficient (Wildman–Crippen LogP) is 2.41. The van der Waals surface area contributed by atoms with Crippen LogP contribution in [0.2, 0.25) is 0 Å². The first-order valence-electron chi connectivity index (χ1n) is 7.28. The van der Waals surface area contributed by atoms with Gasteiger partial charge in [-0.1, -0.05) is 30.3 Å². The zero-order valence-electron chi connectivity index (χ0n) is 12.1. The lowest BCUT2D eigenvalue weighted by Crippen LogP contribution is -2.39.